The molecule has 0 saturated carbocycles. The summed E-state index contributed by atoms with van der Waals surface area (Å²) in [6.07, 6.45) is 2.88. The first kappa shape index (κ1) is 12.9. The van der Waals surface area contributed by atoms with Gasteiger partial charge in [0.1, 0.15) is 5.82 Å². The van der Waals surface area contributed by atoms with E-state index in [0.717, 1.165) is 23.5 Å². The molecule has 0 aliphatic heterocycles. The van der Waals surface area contributed by atoms with Crippen molar-refractivity contribution in [1.82, 2.24) is 4.98 Å². The number of hydrogen-bond acceptors (Lipinski definition) is 2. The highest BCUT2D eigenvalue weighted by Gasteiger charge is 2.04. The molecule has 2 rings (SSSR count). The van der Waals surface area contributed by atoms with Crippen molar-refractivity contribution in [2.45, 2.75) is 19.2 Å². The van der Waals surface area contributed by atoms with Gasteiger partial charge in [-0.2, -0.15) is 0 Å². The highest BCUT2D eigenvalue weighted by atomic mass is 35.5. The van der Waals surface area contributed by atoms with Crippen LogP contribution in [0.4, 0.5) is 11.5 Å². The molecule has 0 amide bonds. The van der Waals surface area contributed by atoms with Crippen molar-refractivity contribution in [2.24, 2.45) is 0 Å². The van der Waals surface area contributed by atoms with Crippen LogP contribution in [0.25, 0.3) is 0 Å². The highest BCUT2D eigenvalue weighted by Crippen LogP contribution is 2.22. The molecule has 18 heavy (non-hydrogen) atoms. The quantitative estimate of drug-likeness (QED) is 0.768. The van der Waals surface area contributed by atoms with Gasteiger partial charge in [-0.15, -0.1) is 11.6 Å². The maximum Gasteiger partial charge on any atom is 0.132 e. The molecular weight excluding hydrogens is 244 g/mol. The maximum atomic E-state index is 5.76. The van der Waals surface area contributed by atoms with Gasteiger partial charge >= 0.3 is 0 Å². The Balaban J connectivity index is 2.20. The fourth-order valence-corrected chi connectivity index (χ4v) is 1.94. The van der Waals surface area contributed by atoms with Gasteiger partial charge in [-0.25, -0.2) is 4.98 Å². The van der Waals surface area contributed by atoms with E-state index in [2.05, 4.69) is 41.1 Å². The van der Waals surface area contributed by atoms with E-state index in [9.17, 15) is 0 Å². The molecular formula is C15H17ClN2. The third-order valence-electron chi connectivity index (χ3n) is 3.04. The lowest BCUT2D eigenvalue weighted by molar-refractivity contribution is 1.10. The Kier molecular flexibility index (Phi) is 4.21. The second-order valence-electron chi connectivity index (χ2n) is 4.24. The number of anilines is 2. The van der Waals surface area contributed by atoms with Crippen molar-refractivity contribution in [2.75, 3.05) is 11.9 Å². The molecule has 0 aliphatic carbocycles. The summed E-state index contributed by atoms with van der Waals surface area (Å²) in [6.45, 7) is 2.16. The molecule has 3 heteroatoms. The number of rotatable bonds is 4. The molecule has 0 spiro atoms. The van der Waals surface area contributed by atoms with Gasteiger partial charge in [0.05, 0.1) is 0 Å². The first-order chi connectivity index (χ1) is 8.74. The Bertz CT molecular complexity index is 443. The number of pyridine rings is 1. The van der Waals surface area contributed by atoms with Crippen LogP contribution in [0.5, 0.6) is 0 Å². The topological polar surface area (TPSA) is 16.1 Å². The van der Waals surface area contributed by atoms with Gasteiger partial charge in [0.2, 0.25) is 0 Å². The van der Waals surface area contributed by atoms with Crippen LogP contribution in [0.15, 0.2) is 42.6 Å². The molecule has 0 radical (unpaired) electrons. The van der Waals surface area contributed by atoms with Crippen molar-refractivity contribution >= 4 is 23.1 Å². The average molecular weight is 261 g/mol. The van der Waals surface area contributed by atoms with E-state index in [1.54, 1.807) is 0 Å². The largest absolute Gasteiger partial charge is 0.329 e. The number of alkyl halides is 1. The molecule has 0 saturated heterocycles. The smallest absolute Gasteiger partial charge is 0.132 e. The number of benzene rings is 1. The molecule has 1 aromatic carbocycles. The fourth-order valence-electron chi connectivity index (χ4n) is 1.78. The monoisotopic (exact) mass is 260 g/mol. The zero-order valence-electron chi connectivity index (χ0n) is 10.7. The Morgan fingerprint density at radius 2 is 1.72 bits per heavy atom. The van der Waals surface area contributed by atoms with E-state index in [1.807, 2.05) is 25.4 Å². The normalized spacial score (nSPS) is 10.4. The van der Waals surface area contributed by atoms with E-state index in [1.165, 1.54) is 5.56 Å². The lowest BCUT2D eigenvalue weighted by atomic mass is 10.1. The Hall–Kier alpha value is -1.54. The van der Waals surface area contributed by atoms with Gasteiger partial charge in [-0.05, 0) is 35.7 Å². The van der Waals surface area contributed by atoms with Crippen LogP contribution < -0.4 is 4.90 Å². The average Bonchev–Trinajstić information content (AvgIpc) is 2.47. The second kappa shape index (κ2) is 5.87. The van der Waals surface area contributed by atoms with Crippen LogP contribution in [-0.4, -0.2) is 12.0 Å². The van der Waals surface area contributed by atoms with Crippen LogP contribution in [0.1, 0.15) is 18.1 Å². The van der Waals surface area contributed by atoms with Gasteiger partial charge in [0.15, 0.2) is 0 Å². The maximum absolute atomic E-state index is 5.76. The Labute approximate surface area is 113 Å². The van der Waals surface area contributed by atoms with Crippen LogP contribution in [0.3, 0.4) is 0 Å². The molecule has 0 fully saturated rings. The van der Waals surface area contributed by atoms with Crippen molar-refractivity contribution in [3.05, 3.63) is 53.7 Å². The second-order valence-corrected chi connectivity index (χ2v) is 4.50. The minimum atomic E-state index is 0.502. The molecule has 2 nitrogen and oxygen atoms in total. The minimum Gasteiger partial charge on any atom is -0.329 e. The molecule has 1 aromatic heterocycles. The Morgan fingerprint density at radius 3 is 2.22 bits per heavy atom. The third-order valence-corrected chi connectivity index (χ3v) is 3.35. The molecule has 0 N–H and O–H groups in total. The third kappa shape index (κ3) is 2.82. The van der Waals surface area contributed by atoms with Gasteiger partial charge in [0.25, 0.3) is 0 Å². The summed E-state index contributed by atoms with van der Waals surface area (Å²) in [5.41, 5.74) is 3.52. The summed E-state index contributed by atoms with van der Waals surface area (Å²) in [5.74, 6) is 1.43. The van der Waals surface area contributed by atoms with Crippen LogP contribution >= 0.6 is 11.6 Å². The van der Waals surface area contributed by atoms with Crippen molar-refractivity contribution in [3.63, 3.8) is 0 Å². The summed E-state index contributed by atoms with van der Waals surface area (Å²) < 4.78 is 0. The summed E-state index contributed by atoms with van der Waals surface area (Å²) in [4.78, 5) is 6.48. The first-order valence-electron chi connectivity index (χ1n) is 6.08. The van der Waals surface area contributed by atoms with Gasteiger partial charge in [0, 0.05) is 24.8 Å². The fraction of sp³-hybridized carbons (Fsp3) is 0.267. The predicted molar refractivity (Wildman–Crippen MR) is 77.7 cm³/mol. The van der Waals surface area contributed by atoms with Gasteiger partial charge in [-0.3, -0.25) is 0 Å². The van der Waals surface area contributed by atoms with Crippen LogP contribution in [-0.2, 0) is 12.3 Å². The molecule has 1 heterocycles. The van der Waals surface area contributed by atoms with E-state index in [-0.39, 0.29) is 0 Å². The van der Waals surface area contributed by atoms with E-state index in [0.29, 0.717) is 5.88 Å². The zero-order chi connectivity index (χ0) is 13.0. The summed E-state index contributed by atoms with van der Waals surface area (Å²) in [5, 5.41) is 0. The van der Waals surface area contributed by atoms with E-state index in [4.69, 9.17) is 11.6 Å². The molecule has 94 valence electrons. The number of halogens is 1. The highest BCUT2D eigenvalue weighted by molar-refractivity contribution is 6.17. The number of aromatic nitrogens is 1. The standard InChI is InChI=1S/C15H17ClN2/c1-3-12-4-7-14(8-5-12)18(2)15-9-6-13(10-16)11-17-15/h4-9,11H,3,10H2,1-2H3. The summed E-state index contributed by atoms with van der Waals surface area (Å²) in [6, 6.07) is 12.5. The van der Waals surface area contributed by atoms with E-state index < -0.39 is 0 Å². The molecule has 0 aliphatic rings. The summed E-state index contributed by atoms with van der Waals surface area (Å²) in [7, 11) is 2.02. The predicted octanol–water partition coefficient (Wildman–Crippen LogP) is 4.15. The molecule has 2 aromatic rings. The molecule has 0 unspecified atom stereocenters. The Morgan fingerprint density at radius 1 is 1.06 bits per heavy atom. The lowest BCUT2D eigenvalue weighted by Crippen LogP contribution is -2.11. The van der Waals surface area contributed by atoms with Crippen molar-refractivity contribution in [3.8, 4) is 0 Å². The minimum absolute atomic E-state index is 0.502. The van der Waals surface area contributed by atoms with Crippen LogP contribution in [0, 0.1) is 0 Å². The lowest BCUT2D eigenvalue weighted by Gasteiger charge is -2.18. The zero-order valence-corrected chi connectivity index (χ0v) is 11.5. The van der Waals surface area contributed by atoms with Crippen molar-refractivity contribution in [1.29, 1.82) is 0 Å². The van der Waals surface area contributed by atoms with Crippen LogP contribution in [0.2, 0.25) is 0 Å². The van der Waals surface area contributed by atoms with Gasteiger partial charge in [-0.1, -0.05) is 25.1 Å². The first-order valence-corrected chi connectivity index (χ1v) is 6.61. The number of nitrogens with zero attached hydrogens (tertiary/aromatic N) is 2. The molecule has 0 bridgehead atoms. The van der Waals surface area contributed by atoms with Gasteiger partial charge < -0.3 is 4.90 Å². The van der Waals surface area contributed by atoms with E-state index >= 15 is 0 Å². The SMILES string of the molecule is CCc1ccc(N(C)c2ccc(CCl)cn2)cc1. The molecule has 0 atom stereocenters. The number of aryl methyl sites for hydroxylation is 1. The summed E-state index contributed by atoms with van der Waals surface area (Å²) >= 11 is 5.76. The number of hydrogen-bond donors (Lipinski definition) is 0. The van der Waals surface area contributed by atoms with Crippen molar-refractivity contribution < 1.29 is 0 Å².